The summed E-state index contributed by atoms with van der Waals surface area (Å²) in [6.45, 7) is 0.639. The molecule has 1 aliphatic rings. The Balaban J connectivity index is 1.76. The fourth-order valence-corrected chi connectivity index (χ4v) is 2.55. The molecule has 1 saturated heterocycles. The monoisotopic (exact) mass is 300 g/mol. The molecule has 0 unspecified atom stereocenters. The van der Waals surface area contributed by atoms with Crippen molar-refractivity contribution < 1.29 is 14.4 Å². The molecular weight excluding hydrogens is 284 g/mol. The topological polar surface area (TPSA) is 73.6 Å². The lowest BCUT2D eigenvalue weighted by molar-refractivity contribution is -0.384. The molecule has 0 aliphatic carbocycles. The lowest BCUT2D eigenvalue weighted by atomic mass is 10.1. The number of benzene rings is 2. The molecule has 0 amide bonds. The number of nitro groups is 1. The number of methoxy groups -OCH3 is 1. The number of nitrogens with zero attached hydrogens (tertiary/aromatic N) is 1. The van der Waals surface area contributed by atoms with Gasteiger partial charge in [-0.25, -0.2) is 0 Å². The van der Waals surface area contributed by atoms with Gasteiger partial charge in [-0.3, -0.25) is 15.4 Å². The maximum absolute atomic E-state index is 10.7. The second-order valence-electron chi connectivity index (χ2n) is 5.00. The molecular formula is C16H16N2O4. The first-order chi connectivity index (χ1) is 10.7. The summed E-state index contributed by atoms with van der Waals surface area (Å²) >= 11 is 0. The van der Waals surface area contributed by atoms with Gasteiger partial charge in [-0.05, 0) is 23.8 Å². The molecule has 1 heterocycles. The number of hydrogen-bond donors (Lipinski definition) is 1. The van der Waals surface area contributed by atoms with Gasteiger partial charge in [-0.2, -0.15) is 0 Å². The molecule has 1 N–H and O–H groups in total. The molecule has 0 spiro atoms. The van der Waals surface area contributed by atoms with Crippen molar-refractivity contribution in [1.29, 1.82) is 0 Å². The van der Waals surface area contributed by atoms with Crippen molar-refractivity contribution in [3.8, 4) is 5.75 Å². The van der Waals surface area contributed by atoms with Crippen LogP contribution in [0.1, 0.15) is 23.5 Å². The molecule has 3 rings (SSSR count). The highest BCUT2D eigenvalue weighted by molar-refractivity contribution is 5.37. The number of ether oxygens (including phenoxy) is 2. The van der Waals surface area contributed by atoms with Gasteiger partial charge in [0.05, 0.1) is 18.1 Å². The molecule has 2 atom stereocenters. The lowest BCUT2D eigenvalue weighted by Gasteiger charge is -2.16. The largest absolute Gasteiger partial charge is 0.496 e. The zero-order valence-corrected chi connectivity index (χ0v) is 12.1. The fraction of sp³-hybridized carbons (Fsp3) is 0.250. The van der Waals surface area contributed by atoms with E-state index in [2.05, 4.69) is 5.32 Å². The third kappa shape index (κ3) is 2.79. The Labute approximate surface area is 127 Å². The van der Waals surface area contributed by atoms with Crippen LogP contribution in [0.2, 0.25) is 0 Å². The minimum absolute atomic E-state index is 0.0796. The number of rotatable bonds is 4. The summed E-state index contributed by atoms with van der Waals surface area (Å²) in [7, 11) is 1.63. The highest BCUT2D eigenvalue weighted by atomic mass is 16.6. The van der Waals surface area contributed by atoms with Crippen molar-refractivity contribution in [2.24, 2.45) is 0 Å². The molecule has 2 aromatic rings. The third-order valence-corrected chi connectivity index (χ3v) is 3.69. The van der Waals surface area contributed by atoms with Crippen LogP contribution in [0.4, 0.5) is 5.69 Å². The van der Waals surface area contributed by atoms with E-state index < -0.39 is 4.92 Å². The highest BCUT2D eigenvalue weighted by Crippen LogP contribution is 2.34. The van der Waals surface area contributed by atoms with Crippen LogP contribution in [-0.2, 0) is 4.74 Å². The van der Waals surface area contributed by atoms with Crippen molar-refractivity contribution in [1.82, 2.24) is 5.32 Å². The zero-order chi connectivity index (χ0) is 15.5. The Hall–Kier alpha value is -2.44. The molecule has 1 aliphatic heterocycles. The number of para-hydroxylation sites is 1. The van der Waals surface area contributed by atoms with E-state index in [9.17, 15) is 10.1 Å². The maximum atomic E-state index is 10.7. The smallest absolute Gasteiger partial charge is 0.269 e. The first-order valence-corrected chi connectivity index (χ1v) is 6.95. The van der Waals surface area contributed by atoms with E-state index >= 15 is 0 Å². The van der Waals surface area contributed by atoms with Crippen molar-refractivity contribution >= 4 is 5.69 Å². The van der Waals surface area contributed by atoms with Crippen LogP contribution in [-0.4, -0.2) is 18.6 Å². The minimum atomic E-state index is -0.408. The summed E-state index contributed by atoms with van der Waals surface area (Å²) < 4.78 is 11.4. The highest BCUT2D eigenvalue weighted by Gasteiger charge is 2.29. The molecule has 114 valence electrons. The Morgan fingerprint density at radius 1 is 1.23 bits per heavy atom. The molecule has 6 heteroatoms. The van der Waals surface area contributed by atoms with Crippen molar-refractivity contribution in [2.75, 3.05) is 13.7 Å². The average molecular weight is 300 g/mol. The normalized spacial score (nSPS) is 20.8. The van der Waals surface area contributed by atoms with Gasteiger partial charge in [0, 0.05) is 24.2 Å². The Morgan fingerprint density at radius 2 is 1.95 bits per heavy atom. The van der Waals surface area contributed by atoms with Crippen molar-refractivity contribution in [2.45, 2.75) is 12.3 Å². The van der Waals surface area contributed by atoms with Gasteiger partial charge in [0.2, 0.25) is 0 Å². The van der Waals surface area contributed by atoms with Crippen LogP contribution in [0.3, 0.4) is 0 Å². The molecule has 0 bridgehead atoms. The van der Waals surface area contributed by atoms with E-state index in [1.807, 2.05) is 24.3 Å². The van der Waals surface area contributed by atoms with Crippen molar-refractivity contribution in [3.05, 3.63) is 69.8 Å². The maximum Gasteiger partial charge on any atom is 0.269 e. The summed E-state index contributed by atoms with van der Waals surface area (Å²) in [6, 6.07) is 14.1. The summed E-state index contributed by atoms with van der Waals surface area (Å²) in [5, 5.41) is 14.0. The predicted octanol–water partition coefficient (Wildman–Crippen LogP) is 2.96. The molecule has 2 aromatic carbocycles. The Bertz CT molecular complexity index is 672. The van der Waals surface area contributed by atoms with Gasteiger partial charge in [0.25, 0.3) is 5.69 Å². The fourth-order valence-electron chi connectivity index (χ4n) is 2.55. The first kappa shape index (κ1) is 14.5. The SMILES string of the molecule is COc1ccccc1[C@@H]1NC[C@H](c2ccc([N+](=O)[O-])cc2)O1. The van der Waals surface area contributed by atoms with Crippen molar-refractivity contribution in [3.63, 3.8) is 0 Å². The van der Waals surface area contributed by atoms with Gasteiger partial charge in [-0.1, -0.05) is 18.2 Å². The van der Waals surface area contributed by atoms with E-state index in [0.717, 1.165) is 16.9 Å². The van der Waals surface area contributed by atoms with E-state index in [-0.39, 0.29) is 18.0 Å². The Kier molecular flexibility index (Phi) is 4.04. The van der Waals surface area contributed by atoms with Gasteiger partial charge in [0.15, 0.2) is 0 Å². The first-order valence-electron chi connectivity index (χ1n) is 6.95. The standard InChI is InChI=1S/C16H16N2O4/c1-21-14-5-3-2-4-13(14)16-17-10-15(22-16)11-6-8-12(9-7-11)18(19)20/h2-9,15-17H,10H2,1H3/t15-,16-/m1/s1. The second kappa shape index (κ2) is 6.13. The van der Waals surface area contributed by atoms with E-state index in [0.29, 0.717) is 6.54 Å². The Morgan fingerprint density at radius 3 is 2.64 bits per heavy atom. The molecule has 1 fully saturated rings. The lowest BCUT2D eigenvalue weighted by Crippen LogP contribution is -2.14. The zero-order valence-electron chi connectivity index (χ0n) is 12.1. The number of non-ortho nitro benzene ring substituents is 1. The predicted molar refractivity (Wildman–Crippen MR) is 80.7 cm³/mol. The van der Waals surface area contributed by atoms with Crippen LogP contribution in [0, 0.1) is 10.1 Å². The van der Waals surface area contributed by atoms with E-state index in [4.69, 9.17) is 9.47 Å². The number of nitro benzene ring substituents is 1. The number of nitrogens with one attached hydrogen (secondary N) is 1. The van der Waals surface area contributed by atoms with Gasteiger partial charge < -0.3 is 9.47 Å². The summed E-state index contributed by atoms with van der Waals surface area (Å²) in [6.07, 6.45) is -0.396. The average Bonchev–Trinajstić information content (AvgIpc) is 3.04. The van der Waals surface area contributed by atoms with E-state index in [1.165, 1.54) is 12.1 Å². The van der Waals surface area contributed by atoms with Gasteiger partial charge in [-0.15, -0.1) is 0 Å². The van der Waals surface area contributed by atoms with Crippen LogP contribution in [0.25, 0.3) is 0 Å². The van der Waals surface area contributed by atoms with Crippen LogP contribution >= 0.6 is 0 Å². The summed E-state index contributed by atoms with van der Waals surface area (Å²) in [5.74, 6) is 0.768. The molecule has 0 radical (unpaired) electrons. The molecule has 0 aromatic heterocycles. The van der Waals surface area contributed by atoms with Gasteiger partial charge >= 0.3 is 0 Å². The second-order valence-corrected chi connectivity index (χ2v) is 5.00. The van der Waals surface area contributed by atoms with Crippen LogP contribution in [0.15, 0.2) is 48.5 Å². The summed E-state index contributed by atoms with van der Waals surface area (Å²) in [5.41, 5.74) is 1.93. The van der Waals surface area contributed by atoms with Crippen LogP contribution < -0.4 is 10.1 Å². The quantitative estimate of drug-likeness (QED) is 0.694. The molecule has 6 nitrogen and oxygen atoms in total. The van der Waals surface area contributed by atoms with Gasteiger partial charge in [0.1, 0.15) is 12.0 Å². The summed E-state index contributed by atoms with van der Waals surface area (Å²) in [4.78, 5) is 10.3. The van der Waals surface area contributed by atoms with E-state index in [1.54, 1.807) is 19.2 Å². The molecule has 0 saturated carbocycles. The number of hydrogen-bond acceptors (Lipinski definition) is 5. The van der Waals surface area contributed by atoms with Crippen LogP contribution in [0.5, 0.6) is 5.75 Å². The third-order valence-electron chi connectivity index (χ3n) is 3.69. The minimum Gasteiger partial charge on any atom is -0.496 e. The molecule has 22 heavy (non-hydrogen) atoms.